The number of aliphatic hydroxyl groups excluding tert-OH is 2. The number of carbonyl (C=O) groups excluding carboxylic acids is 1. The van der Waals surface area contributed by atoms with Crippen LogP contribution in [0.25, 0.3) is 0 Å². The molecule has 0 amide bonds. The second-order valence-corrected chi connectivity index (χ2v) is 7.68. The maximum absolute atomic E-state index is 11.7. The van der Waals surface area contributed by atoms with Gasteiger partial charge in [-0.15, -0.1) is 0 Å². The zero-order valence-electron chi connectivity index (χ0n) is 17.4. The molecule has 0 saturated heterocycles. The number of carbonyl (C=O) groups is 1. The van der Waals surface area contributed by atoms with Crippen LogP contribution in [-0.4, -0.2) is 36.0 Å². The summed E-state index contributed by atoms with van der Waals surface area (Å²) in [6.45, 7) is 1.96. The molecule has 0 aliphatic rings. The highest BCUT2D eigenvalue weighted by Gasteiger charge is 2.21. The molecule has 0 aromatic rings. The van der Waals surface area contributed by atoms with Crippen molar-refractivity contribution in [1.82, 2.24) is 0 Å². The predicted octanol–water partition coefficient (Wildman–Crippen LogP) is 5.39. The van der Waals surface area contributed by atoms with Crippen molar-refractivity contribution in [2.45, 2.75) is 116 Å². The van der Waals surface area contributed by atoms with E-state index in [1.54, 1.807) is 0 Å². The summed E-state index contributed by atoms with van der Waals surface area (Å²) in [4.78, 5) is 11.7. The molecule has 4 heteroatoms. The fraction of sp³-hybridized carbons (Fsp3) is 0.955. The average molecular weight is 373 g/mol. The number of hydrogen-bond acceptors (Lipinski definition) is 4. The number of methoxy groups -OCH3 is 1. The first-order valence-electron chi connectivity index (χ1n) is 11.0. The van der Waals surface area contributed by atoms with Gasteiger partial charge in [-0.1, -0.05) is 96.8 Å². The molecular weight excluding hydrogens is 328 g/mol. The van der Waals surface area contributed by atoms with Gasteiger partial charge in [0, 0.05) is 0 Å². The Balaban J connectivity index is 3.46. The summed E-state index contributed by atoms with van der Waals surface area (Å²) in [5.41, 5.74) is 0. The lowest BCUT2D eigenvalue weighted by atomic mass is 9.94. The van der Waals surface area contributed by atoms with Crippen LogP contribution in [0.1, 0.15) is 110 Å². The fourth-order valence-electron chi connectivity index (χ4n) is 3.49. The normalized spacial score (nSPS) is 13.5. The van der Waals surface area contributed by atoms with Gasteiger partial charge in [0.15, 0.2) is 0 Å². The minimum absolute atomic E-state index is 0.271. The van der Waals surface area contributed by atoms with Gasteiger partial charge in [0.1, 0.15) is 0 Å². The molecular formula is C22H44O4. The maximum atomic E-state index is 11.7. The molecule has 0 aromatic carbocycles. The summed E-state index contributed by atoms with van der Waals surface area (Å²) in [5, 5.41) is 18.5. The molecule has 0 heterocycles. The van der Waals surface area contributed by atoms with E-state index in [4.69, 9.17) is 9.84 Å². The fourth-order valence-corrected chi connectivity index (χ4v) is 3.49. The van der Waals surface area contributed by atoms with E-state index >= 15 is 0 Å². The van der Waals surface area contributed by atoms with Crippen LogP contribution >= 0.6 is 0 Å². The van der Waals surface area contributed by atoms with E-state index in [0.29, 0.717) is 6.42 Å². The first-order chi connectivity index (χ1) is 12.7. The zero-order valence-corrected chi connectivity index (χ0v) is 17.4. The third-order valence-corrected chi connectivity index (χ3v) is 5.21. The molecule has 0 fully saturated rings. The highest BCUT2D eigenvalue weighted by atomic mass is 16.5. The Bertz CT molecular complexity index is 307. The number of unbranched alkanes of at least 4 members (excludes halogenated alkanes) is 13. The minimum Gasteiger partial charge on any atom is -0.469 e. The van der Waals surface area contributed by atoms with Gasteiger partial charge < -0.3 is 14.9 Å². The molecule has 0 bridgehead atoms. The Morgan fingerprint density at radius 2 is 1.23 bits per heavy atom. The van der Waals surface area contributed by atoms with E-state index < -0.39 is 6.10 Å². The Kier molecular flexibility index (Phi) is 18.7. The van der Waals surface area contributed by atoms with Gasteiger partial charge in [-0.2, -0.15) is 0 Å². The predicted molar refractivity (Wildman–Crippen MR) is 108 cm³/mol. The molecule has 2 unspecified atom stereocenters. The second-order valence-electron chi connectivity index (χ2n) is 7.68. The van der Waals surface area contributed by atoms with E-state index in [2.05, 4.69) is 6.92 Å². The third-order valence-electron chi connectivity index (χ3n) is 5.21. The Morgan fingerprint density at radius 3 is 1.62 bits per heavy atom. The quantitative estimate of drug-likeness (QED) is 0.236. The third kappa shape index (κ3) is 15.6. The van der Waals surface area contributed by atoms with Crippen LogP contribution in [0.5, 0.6) is 0 Å². The highest BCUT2D eigenvalue weighted by Crippen LogP contribution is 2.19. The van der Waals surface area contributed by atoms with Gasteiger partial charge in [-0.25, -0.2) is 0 Å². The van der Waals surface area contributed by atoms with Crippen LogP contribution < -0.4 is 0 Å². The first-order valence-corrected chi connectivity index (χ1v) is 11.0. The van der Waals surface area contributed by atoms with Crippen molar-refractivity contribution >= 4 is 5.97 Å². The van der Waals surface area contributed by atoms with Crippen molar-refractivity contribution in [3.63, 3.8) is 0 Å². The molecule has 4 nitrogen and oxygen atoms in total. The maximum Gasteiger partial charge on any atom is 0.308 e. The number of rotatable bonds is 19. The van der Waals surface area contributed by atoms with E-state index in [-0.39, 0.29) is 18.5 Å². The van der Waals surface area contributed by atoms with Gasteiger partial charge in [-0.05, 0) is 12.8 Å². The summed E-state index contributed by atoms with van der Waals surface area (Å²) >= 11 is 0. The van der Waals surface area contributed by atoms with Crippen molar-refractivity contribution in [2.24, 2.45) is 5.92 Å². The number of esters is 1. The van der Waals surface area contributed by atoms with Gasteiger partial charge in [0.2, 0.25) is 0 Å². The molecule has 0 saturated carbocycles. The Hall–Kier alpha value is -0.610. The van der Waals surface area contributed by atoms with Gasteiger partial charge in [0.05, 0.1) is 25.7 Å². The lowest BCUT2D eigenvalue weighted by Gasteiger charge is -2.17. The van der Waals surface area contributed by atoms with E-state index in [0.717, 1.165) is 19.3 Å². The standard InChI is InChI=1S/C22H44O4/c1-3-4-5-6-7-8-9-10-11-12-13-14-15-16-17-20(22(25)26-2)18-21(24)19-23/h20-21,23-24H,3-19H2,1-2H3. The molecule has 0 aliphatic carbocycles. The highest BCUT2D eigenvalue weighted by molar-refractivity contribution is 5.72. The lowest BCUT2D eigenvalue weighted by Crippen LogP contribution is -2.24. The summed E-state index contributed by atoms with van der Waals surface area (Å²) < 4.78 is 4.80. The second kappa shape index (κ2) is 19.2. The van der Waals surface area contributed by atoms with Crippen LogP contribution in [0.4, 0.5) is 0 Å². The molecule has 2 atom stereocenters. The molecule has 2 N–H and O–H groups in total. The van der Waals surface area contributed by atoms with E-state index in [1.807, 2.05) is 0 Å². The largest absolute Gasteiger partial charge is 0.469 e. The van der Waals surface area contributed by atoms with Gasteiger partial charge in [0.25, 0.3) is 0 Å². The molecule has 0 aromatic heterocycles. The van der Waals surface area contributed by atoms with Crippen molar-refractivity contribution in [3.8, 4) is 0 Å². The summed E-state index contributed by atoms with van der Waals surface area (Å²) in [7, 11) is 1.38. The molecule has 0 aliphatic heterocycles. The van der Waals surface area contributed by atoms with Crippen LogP contribution in [-0.2, 0) is 9.53 Å². The molecule has 0 radical (unpaired) electrons. The Morgan fingerprint density at radius 1 is 0.808 bits per heavy atom. The summed E-state index contributed by atoms with van der Waals surface area (Å²) in [6, 6.07) is 0. The summed E-state index contributed by atoms with van der Waals surface area (Å²) in [5.74, 6) is -0.563. The first kappa shape index (κ1) is 25.4. The monoisotopic (exact) mass is 372 g/mol. The van der Waals surface area contributed by atoms with Crippen LogP contribution in [0, 0.1) is 5.92 Å². The topological polar surface area (TPSA) is 66.8 Å². The van der Waals surface area contributed by atoms with E-state index in [1.165, 1.54) is 84.2 Å². The Labute approximate surface area is 161 Å². The van der Waals surface area contributed by atoms with Crippen molar-refractivity contribution in [2.75, 3.05) is 13.7 Å². The average Bonchev–Trinajstić information content (AvgIpc) is 2.66. The van der Waals surface area contributed by atoms with Crippen LogP contribution in [0.2, 0.25) is 0 Å². The smallest absolute Gasteiger partial charge is 0.308 e. The van der Waals surface area contributed by atoms with E-state index in [9.17, 15) is 9.90 Å². The minimum atomic E-state index is -0.828. The summed E-state index contributed by atoms with van der Waals surface area (Å²) in [6.07, 6.45) is 18.6. The number of ether oxygens (including phenoxy) is 1. The molecule has 0 rings (SSSR count). The zero-order chi connectivity index (χ0) is 19.5. The van der Waals surface area contributed by atoms with Crippen molar-refractivity contribution in [3.05, 3.63) is 0 Å². The van der Waals surface area contributed by atoms with Crippen LogP contribution in [0.15, 0.2) is 0 Å². The molecule has 26 heavy (non-hydrogen) atoms. The van der Waals surface area contributed by atoms with Crippen LogP contribution in [0.3, 0.4) is 0 Å². The number of hydrogen-bond donors (Lipinski definition) is 2. The molecule has 156 valence electrons. The SMILES string of the molecule is CCCCCCCCCCCCCCCCC(CC(O)CO)C(=O)OC. The number of aliphatic hydroxyl groups is 2. The van der Waals surface area contributed by atoms with Crippen molar-refractivity contribution < 1.29 is 19.7 Å². The lowest BCUT2D eigenvalue weighted by molar-refractivity contribution is -0.147. The van der Waals surface area contributed by atoms with Crippen molar-refractivity contribution in [1.29, 1.82) is 0 Å². The van der Waals surface area contributed by atoms with Gasteiger partial charge >= 0.3 is 5.97 Å². The molecule has 0 spiro atoms. The van der Waals surface area contributed by atoms with Gasteiger partial charge in [-0.3, -0.25) is 4.79 Å².